The van der Waals surface area contributed by atoms with Crippen molar-refractivity contribution in [1.82, 2.24) is 16.1 Å². The van der Waals surface area contributed by atoms with Crippen molar-refractivity contribution in [3.63, 3.8) is 0 Å². The average Bonchev–Trinajstić information content (AvgIpc) is 2.88. The van der Waals surface area contributed by atoms with Crippen LogP contribution in [0.4, 0.5) is 10.5 Å². The van der Waals surface area contributed by atoms with Gasteiger partial charge in [-0.1, -0.05) is 6.07 Å². The lowest BCUT2D eigenvalue weighted by Crippen LogP contribution is -2.45. The summed E-state index contributed by atoms with van der Waals surface area (Å²) in [4.78, 5) is 34.5. The molecule has 0 bridgehead atoms. The quantitative estimate of drug-likeness (QED) is 0.0782. The van der Waals surface area contributed by atoms with E-state index in [-0.39, 0.29) is 35.8 Å². The molecule has 1 aliphatic rings. The first-order chi connectivity index (χ1) is 18.5. The molecule has 0 aliphatic carbocycles. The predicted octanol–water partition coefficient (Wildman–Crippen LogP) is 1.53. The van der Waals surface area contributed by atoms with Crippen molar-refractivity contribution in [1.29, 1.82) is 0 Å². The molecule has 0 radical (unpaired) electrons. The van der Waals surface area contributed by atoms with Gasteiger partial charge in [-0.3, -0.25) is 15.5 Å². The number of amides is 2. The molecular formula is C24H27N5O10. The molecule has 1 aliphatic heterocycles. The molecule has 3 rings (SSSR count). The highest BCUT2D eigenvalue weighted by Gasteiger charge is 2.32. The molecule has 2 amide bonds. The number of hydrogen-bond acceptors (Lipinski definition) is 12. The van der Waals surface area contributed by atoms with E-state index in [4.69, 9.17) is 14.2 Å². The van der Waals surface area contributed by atoms with Gasteiger partial charge in [0.1, 0.15) is 12.4 Å². The fourth-order valence-corrected chi connectivity index (χ4v) is 3.65. The number of aliphatic hydroxyl groups is 1. The Morgan fingerprint density at radius 3 is 2.64 bits per heavy atom. The summed E-state index contributed by atoms with van der Waals surface area (Å²) >= 11 is 0. The number of urea groups is 1. The van der Waals surface area contributed by atoms with Gasteiger partial charge >= 0.3 is 17.7 Å². The van der Waals surface area contributed by atoms with Gasteiger partial charge in [-0.2, -0.15) is 5.10 Å². The van der Waals surface area contributed by atoms with Gasteiger partial charge in [0.2, 0.25) is 0 Å². The number of carbonyl (C=O) groups excluding carboxylic acids is 2. The van der Waals surface area contributed by atoms with Crippen molar-refractivity contribution in [3.8, 4) is 23.0 Å². The fraction of sp³-hybridized carbons (Fsp3) is 0.292. The van der Waals surface area contributed by atoms with Gasteiger partial charge in [0.15, 0.2) is 23.5 Å². The molecule has 2 atom stereocenters. The van der Waals surface area contributed by atoms with Gasteiger partial charge in [0.05, 0.1) is 36.5 Å². The fourth-order valence-electron chi connectivity index (χ4n) is 3.65. The van der Waals surface area contributed by atoms with Gasteiger partial charge in [-0.25, -0.2) is 9.59 Å². The number of nitro groups is 1. The van der Waals surface area contributed by atoms with Crippen LogP contribution in [-0.4, -0.2) is 65.0 Å². The number of aromatic hydroxyl groups is 2. The molecule has 2 aromatic rings. The maximum atomic E-state index is 12.4. The van der Waals surface area contributed by atoms with E-state index in [1.807, 2.05) is 0 Å². The second kappa shape index (κ2) is 12.5. The maximum Gasteiger partial charge on any atom is 0.337 e. The number of esters is 1. The molecule has 0 spiro atoms. The van der Waals surface area contributed by atoms with E-state index < -0.39 is 46.4 Å². The van der Waals surface area contributed by atoms with Crippen molar-refractivity contribution < 1.29 is 44.0 Å². The summed E-state index contributed by atoms with van der Waals surface area (Å²) in [7, 11) is 1.24. The molecule has 0 aromatic heterocycles. The van der Waals surface area contributed by atoms with Crippen molar-refractivity contribution in [2.75, 3.05) is 20.3 Å². The molecule has 2 aromatic carbocycles. The van der Waals surface area contributed by atoms with Crippen LogP contribution in [-0.2, 0) is 9.53 Å². The van der Waals surface area contributed by atoms with Crippen LogP contribution in [0.15, 0.2) is 46.7 Å². The van der Waals surface area contributed by atoms with Crippen LogP contribution in [0.3, 0.4) is 0 Å². The predicted molar refractivity (Wildman–Crippen MR) is 135 cm³/mol. The summed E-state index contributed by atoms with van der Waals surface area (Å²) in [6.07, 6.45) is -0.322. The van der Waals surface area contributed by atoms with E-state index in [9.17, 15) is 35.0 Å². The molecular weight excluding hydrogens is 518 g/mol. The lowest BCUT2D eigenvalue weighted by molar-refractivity contribution is -0.385. The third kappa shape index (κ3) is 6.84. The summed E-state index contributed by atoms with van der Waals surface area (Å²) in [5.74, 6) is -1.25. The second-order valence-corrected chi connectivity index (χ2v) is 8.07. The number of hydrazone groups is 1. The van der Waals surface area contributed by atoms with Gasteiger partial charge in [0.25, 0.3) is 0 Å². The molecule has 1 heterocycles. The van der Waals surface area contributed by atoms with Crippen LogP contribution in [0, 0.1) is 10.1 Å². The first kappa shape index (κ1) is 28.5. The minimum absolute atomic E-state index is 0.0741. The molecule has 0 saturated carbocycles. The van der Waals surface area contributed by atoms with Crippen molar-refractivity contribution in [3.05, 3.63) is 62.8 Å². The minimum atomic E-state index is -1.34. The first-order valence-electron chi connectivity index (χ1n) is 11.5. The number of methoxy groups -OCH3 is 1. The van der Waals surface area contributed by atoms with E-state index in [1.54, 1.807) is 32.0 Å². The Bertz CT molecular complexity index is 1330. The number of nitrogens with zero attached hydrogens (tertiary/aromatic N) is 2. The summed E-state index contributed by atoms with van der Waals surface area (Å²) < 4.78 is 16.1. The van der Waals surface area contributed by atoms with Gasteiger partial charge in [-0.05, 0) is 31.5 Å². The number of nitrogens with one attached hydrogen (secondary N) is 3. The number of benzene rings is 2. The lowest BCUT2D eigenvalue weighted by Gasteiger charge is -2.28. The smallest absolute Gasteiger partial charge is 0.337 e. The highest BCUT2D eigenvalue weighted by Crippen LogP contribution is 2.35. The van der Waals surface area contributed by atoms with E-state index in [0.29, 0.717) is 11.3 Å². The zero-order valence-electron chi connectivity index (χ0n) is 21.1. The number of allylic oxidation sites excluding steroid dienone is 1. The Morgan fingerprint density at radius 1 is 1.23 bits per heavy atom. The van der Waals surface area contributed by atoms with E-state index >= 15 is 0 Å². The molecule has 39 heavy (non-hydrogen) atoms. The minimum Gasteiger partial charge on any atom is -0.507 e. The zero-order chi connectivity index (χ0) is 28.7. The highest BCUT2D eigenvalue weighted by molar-refractivity contribution is 5.95. The zero-order valence-corrected chi connectivity index (χ0v) is 21.1. The molecule has 15 heteroatoms. The largest absolute Gasteiger partial charge is 0.507 e. The molecule has 0 saturated heterocycles. The van der Waals surface area contributed by atoms with Crippen LogP contribution < -0.4 is 25.5 Å². The van der Waals surface area contributed by atoms with Crippen LogP contribution in [0.2, 0.25) is 0 Å². The van der Waals surface area contributed by atoms with E-state index in [2.05, 4.69) is 21.2 Å². The third-order valence-corrected chi connectivity index (χ3v) is 5.42. The standard InChI is InChI=1S/C24H27N5O10/c1-4-38-19-8-13(22-21(23(33)37-3)12(2)26-24(34)27-22)5-6-18(19)39-11-20(32)28-25-10-14-7-15(29(35)36)17(31)9-16(14)30/h5-10,20,22,28,30-32H,4,11H2,1-3H3,(H2,26,27,34)/b25-10-/t20-,22-/m1/s1. The third-order valence-electron chi connectivity index (χ3n) is 5.42. The van der Waals surface area contributed by atoms with Crippen LogP contribution in [0.25, 0.3) is 0 Å². The average molecular weight is 546 g/mol. The van der Waals surface area contributed by atoms with Crippen LogP contribution in [0.5, 0.6) is 23.0 Å². The summed E-state index contributed by atoms with van der Waals surface area (Å²) in [5, 5.41) is 49.5. The van der Waals surface area contributed by atoms with Crippen molar-refractivity contribution >= 4 is 23.9 Å². The molecule has 6 N–H and O–H groups in total. The number of phenols is 2. The number of hydrogen-bond donors (Lipinski definition) is 6. The Balaban J connectivity index is 1.72. The SMILES string of the molecule is CCOc1cc([C@H]2NC(=O)NC(C)=C2C(=O)OC)ccc1OC[C@@H](O)N/N=C\c1cc([N+](=O)[O-])c(O)cc1O. The van der Waals surface area contributed by atoms with Crippen molar-refractivity contribution in [2.24, 2.45) is 5.10 Å². The molecule has 0 unspecified atom stereocenters. The number of aliphatic hydroxyl groups excluding tert-OH is 1. The van der Waals surface area contributed by atoms with Gasteiger partial charge in [-0.15, -0.1) is 0 Å². The normalized spacial score (nSPS) is 15.8. The van der Waals surface area contributed by atoms with Crippen molar-refractivity contribution in [2.45, 2.75) is 26.1 Å². The van der Waals surface area contributed by atoms with Crippen LogP contribution >= 0.6 is 0 Å². The lowest BCUT2D eigenvalue weighted by atomic mass is 9.95. The van der Waals surface area contributed by atoms with Gasteiger partial charge < -0.3 is 40.2 Å². The molecule has 0 fully saturated rings. The number of nitro benzene ring substituents is 1. The number of ether oxygens (including phenoxy) is 3. The molecule has 208 valence electrons. The topological polar surface area (TPSA) is 214 Å². The van der Waals surface area contributed by atoms with E-state index in [0.717, 1.165) is 18.3 Å². The van der Waals surface area contributed by atoms with Crippen LogP contribution in [0.1, 0.15) is 31.0 Å². The number of phenolic OH excluding ortho intramolecular Hbond substituents is 2. The first-order valence-corrected chi connectivity index (χ1v) is 11.5. The second-order valence-electron chi connectivity index (χ2n) is 8.07. The highest BCUT2D eigenvalue weighted by atomic mass is 16.6. The Hall–Kier alpha value is -5.05. The summed E-state index contributed by atoms with van der Waals surface area (Å²) in [6.45, 7) is 3.29. The monoisotopic (exact) mass is 545 g/mol. The van der Waals surface area contributed by atoms with E-state index in [1.165, 1.54) is 7.11 Å². The number of carbonyl (C=O) groups is 2. The Labute approximate surface area is 221 Å². The Kier molecular flexibility index (Phi) is 9.11. The molecule has 15 nitrogen and oxygen atoms in total. The van der Waals surface area contributed by atoms with Gasteiger partial charge in [0, 0.05) is 23.4 Å². The summed E-state index contributed by atoms with van der Waals surface area (Å²) in [5.41, 5.74) is 2.73. The summed E-state index contributed by atoms with van der Waals surface area (Å²) in [6, 6.07) is 5.16. The Morgan fingerprint density at radius 2 is 1.97 bits per heavy atom. The number of rotatable bonds is 11. The maximum absolute atomic E-state index is 12.4.